The molecule has 0 aliphatic rings. The number of hydrogen-bond donors (Lipinski definition) is 1. The zero-order valence-corrected chi connectivity index (χ0v) is 19.8. The molecule has 0 bridgehead atoms. The molecule has 0 spiro atoms. The molecule has 5 nitrogen and oxygen atoms in total. The van der Waals surface area contributed by atoms with Gasteiger partial charge in [0.2, 0.25) is 0 Å². The molecule has 0 saturated carbocycles. The molecule has 0 atom stereocenters. The lowest BCUT2D eigenvalue weighted by Gasteiger charge is -2.20. The zero-order valence-electron chi connectivity index (χ0n) is 17.3. The van der Waals surface area contributed by atoms with Crippen LogP contribution in [0.3, 0.4) is 0 Å². The largest absolute Gasteiger partial charge is 0.351 e. The first-order valence-electron chi connectivity index (χ1n) is 9.61. The van der Waals surface area contributed by atoms with Crippen LogP contribution < -0.4 is 9.62 Å². The fourth-order valence-corrected chi connectivity index (χ4v) is 5.21. The number of carbonyl (C=O) groups is 1. The van der Waals surface area contributed by atoms with Gasteiger partial charge in [0.25, 0.3) is 15.9 Å². The Morgan fingerprint density at radius 2 is 1.55 bits per heavy atom. The third kappa shape index (κ3) is 6.06. The van der Waals surface area contributed by atoms with E-state index < -0.39 is 10.0 Å². The van der Waals surface area contributed by atoms with Gasteiger partial charge in [0, 0.05) is 34.7 Å². The van der Waals surface area contributed by atoms with Gasteiger partial charge in [-0.05, 0) is 66.9 Å². The van der Waals surface area contributed by atoms with Crippen LogP contribution in [0.25, 0.3) is 0 Å². The van der Waals surface area contributed by atoms with Gasteiger partial charge in [0.1, 0.15) is 0 Å². The van der Waals surface area contributed by atoms with Gasteiger partial charge in [-0.3, -0.25) is 9.10 Å². The Bertz CT molecular complexity index is 1100. The fraction of sp³-hybridized carbons (Fsp3) is 0.174. The predicted molar refractivity (Wildman–Crippen MR) is 130 cm³/mol. The molecule has 0 aliphatic heterocycles. The number of benzene rings is 3. The van der Waals surface area contributed by atoms with Crippen LogP contribution in [0.4, 0.5) is 5.69 Å². The quantitative estimate of drug-likeness (QED) is 0.359. The van der Waals surface area contributed by atoms with Crippen molar-refractivity contribution < 1.29 is 13.2 Å². The summed E-state index contributed by atoms with van der Waals surface area (Å²) < 4.78 is 27.0. The van der Waals surface area contributed by atoms with E-state index in [4.69, 9.17) is 0 Å². The second kappa shape index (κ2) is 10.7. The molecule has 31 heavy (non-hydrogen) atoms. The first-order valence-corrected chi connectivity index (χ1v) is 13.3. The van der Waals surface area contributed by atoms with Crippen molar-refractivity contribution in [1.29, 1.82) is 0 Å². The molecule has 0 heterocycles. The molecule has 162 valence electrons. The summed E-state index contributed by atoms with van der Waals surface area (Å²) in [4.78, 5) is 14.7. The summed E-state index contributed by atoms with van der Waals surface area (Å²) in [6.07, 6.45) is 1.94. The monoisotopic (exact) mass is 472 g/mol. The summed E-state index contributed by atoms with van der Waals surface area (Å²) in [5, 5.41) is 2.89. The Labute approximate surface area is 192 Å². The number of amides is 1. The molecule has 3 rings (SSSR count). The minimum Gasteiger partial charge on any atom is -0.351 e. The number of hydrogen-bond acceptors (Lipinski definition) is 5. The van der Waals surface area contributed by atoms with Crippen LogP contribution in [0.15, 0.2) is 93.5 Å². The highest BCUT2D eigenvalue weighted by Gasteiger charge is 2.21. The van der Waals surface area contributed by atoms with Crippen molar-refractivity contribution in [3.05, 3.63) is 84.4 Å². The summed E-state index contributed by atoms with van der Waals surface area (Å²) in [5.41, 5.74) is 0.980. The first-order chi connectivity index (χ1) is 14.9. The number of nitrogens with one attached hydrogen (secondary N) is 1. The number of anilines is 1. The summed E-state index contributed by atoms with van der Waals surface area (Å²) in [6, 6.07) is 23.3. The van der Waals surface area contributed by atoms with E-state index in [1.807, 2.05) is 36.6 Å². The highest BCUT2D eigenvalue weighted by atomic mass is 32.2. The summed E-state index contributed by atoms with van der Waals surface area (Å²) in [5.74, 6) is 0.586. The number of nitrogens with zero attached hydrogens (tertiary/aromatic N) is 1. The molecule has 8 heteroatoms. The average Bonchev–Trinajstić information content (AvgIpc) is 2.82. The molecular formula is C23H24N2O3S3. The fourth-order valence-electron chi connectivity index (χ4n) is 2.82. The van der Waals surface area contributed by atoms with Gasteiger partial charge < -0.3 is 5.32 Å². The molecule has 0 aliphatic carbocycles. The van der Waals surface area contributed by atoms with E-state index in [2.05, 4.69) is 5.32 Å². The number of thioether (sulfide) groups is 2. The second-order valence-corrected chi connectivity index (χ2v) is 10.6. The lowest BCUT2D eigenvalue weighted by molar-refractivity contribution is 0.0956. The van der Waals surface area contributed by atoms with Crippen molar-refractivity contribution in [2.45, 2.75) is 14.7 Å². The van der Waals surface area contributed by atoms with E-state index >= 15 is 0 Å². The van der Waals surface area contributed by atoms with Crippen molar-refractivity contribution in [1.82, 2.24) is 5.32 Å². The van der Waals surface area contributed by atoms with Crippen LogP contribution in [0.1, 0.15) is 10.4 Å². The lowest BCUT2D eigenvalue weighted by Crippen LogP contribution is -2.27. The third-order valence-electron chi connectivity index (χ3n) is 4.61. The highest BCUT2D eigenvalue weighted by Crippen LogP contribution is 2.24. The number of carbonyl (C=O) groups excluding carboxylic acids is 1. The van der Waals surface area contributed by atoms with Gasteiger partial charge in [0.15, 0.2) is 0 Å². The van der Waals surface area contributed by atoms with Gasteiger partial charge in [-0.1, -0.05) is 18.2 Å². The smallest absolute Gasteiger partial charge is 0.264 e. The van der Waals surface area contributed by atoms with Gasteiger partial charge in [0.05, 0.1) is 10.6 Å². The van der Waals surface area contributed by atoms with Gasteiger partial charge in [-0.25, -0.2) is 8.42 Å². The average molecular weight is 473 g/mol. The minimum absolute atomic E-state index is 0.182. The van der Waals surface area contributed by atoms with Crippen LogP contribution in [-0.2, 0) is 10.0 Å². The van der Waals surface area contributed by atoms with Crippen LogP contribution in [0.5, 0.6) is 0 Å². The second-order valence-electron chi connectivity index (χ2n) is 6.61. The molecule has 3 aromatic carbocycles. The summed E-state index contributed by atoms with van der Waals surface area (Å²) in [7, 11) is -2.17. The van der Waals surface area contributed by atoms with E-state index in [0.717, 1.165) is 15.5 Å². The topological polar surface area (TPSA) is 66.5 Å². The first kappa shape index (κ1) is 23.2. The molecule has 0 unspecified atom stereocenters. The molecule has 0 saturated heterocycles. The molecule has 0 fully saturated rings. The van der Waals surface area contributed by atoms with E-state index in [0.29, 0.717) is 17.8 Å². The van der Waals surface area contributed by atoms with E-state index in [9.17, 15) is 13.2 Å². The molecule has 3 aromatic rings. The van der Waals surface area contributed by atoms with Gasteiger partial charge in [-0.15, -0.1) is 23.5 Å². The van der Waals surface area contributed by atoms with Crippen molar-refractivity contribution in [2.24, 2.45) is 0 Å². The molecule has 1 N–H and O–H groups in total. The number of sulfonamides is 1. The zero-order chi connectivity index (χ0) is 22.3. The maximum Gasteiger partial charge on any atom is 0.264 e. The van der Waals surface area contributed by atoms with Crippen molar-refractivity contribution >= 4 is 45.1 Å². The Morgan fingerprint density at radius 3 is 2.16 bits per heavy atom. The van der Waals surface area contributed by atoms with Gasteiger partial charge >= 0.3 is 0 Å². The standard InChI is InChI=1S/C23H24N2O3S3/c1-25(31(27,28)22-14-12-20(29-2)13-15-22)19-10-8-18(9-11-19)23(26)24-16-17-30-21-6-4-3-5-7-21/h3-15H,16-17H2,1-2H3,(H,24,26). The highest BCUT2D eigenvalue weighted by molar-refractivity contribution is 7.99. The Hall–Kier alpha value is -2.42. The normalized spacial score (nSPS) is 11.2. The van der Waals surface area contributed by atoms with E-state index in [1.165, 1.54) is 11.4 Å². The van der Waals surface area contributed by atoms with Crippen molar-refractivity contribution in [3.8, 4) is 0 Å². The summed E-state index contributed by atoms with van der Waals surface area (Å²) in [6.45, 7) is 0.542. The van der Waals surface area contributed by atoms with Crippen LogP contribution in [0, 0.1) is 0 Å². The Kier molecular flexibility index (Phi) is 8.06. The maximum absolute atomic E-state index is 12.9. The Morgan fingerprint density at radius 1 is 0.903 bits per heavy atom. The molecule has 0 radical (unpaired) electrons. The van der Waals surface area contributed by atoms with Crippen molar-refractivity contribution in [2.75, 3.05) is 29.9 Å². The molecule has 0 aromatic heterocycles. The minimum atomic E-state index is -3.67. The van der Waals surface area contributed by atoms with Crippen LogP contribution >= 0.6 is 23.5 Å². The van der Waals surface area contributed by atoms with E-state index in [1.54, 1.807) is 72.1 Å². The third-order valence-corrected chi connectivity index (χ3v) is 8.17. The lowest BCUT2D eigenvalue weighted by atomic mass is 10.2. The SMILES string of the molecule is CSc1ccc(S(=O)(=O)N(C)c2ccc(C(=O)NCCSc3ccccc3)cc2)cc1. The van der Waals surface area contributed by atoms with E-state index in [-0.39, 0.29) is 10.8 Å². The molecule has 1 amide bonds. The number of rotatable bonds is 9. The van der Waals surface area contributed by atoms with Crippen molar-refractivity contribution in [3.63, 3.8) is 0 Å². The summed E-state index contributed by atoms with van der Waals surface area (Å²) >= 11 is 3.23. The van der Waals surface area contributed by atoms with Crippen LogP contribution in [0.2, 0.25) is 0 Å². The maximum atomic E-state index is 12.9. The van der Waals surface area contributed by atoms with Gasteiger partial charge in [-0.2, -0.15) is 0 Å². The molecular weight excluding hydrogens is 448 g/mol. The van der Waals surface area contributed by atoms with Crippen LogP contribution in [-0.4, -0.2) is 39.9 Å². The Balaban J connectivity index is 1.58. The predicted octanol–water partition coefficient (Wildman–Crippen LogP) is 4.76.